The molecular weight excluding hydrogens is 281 g/mol. The van der Waals surface area contributed by atoms with E-state index >= 15 is 0 Å². The molecule has 124 valence electrons. The molecule has 0 aromatic heterocycles. The first-order valence-corrected chi connectivity index (χ1v) is 7.88. The number of hydrogen-bond donors (Lipinski definition) is 0. The van der Waals surface area contributed by atoms with E-state index < -0.39 is 12.7 Å². The van der Waals surface area contributed by atoms with E-state index in [4.69, 9.17) is 14.0 Å². The van der Waals surface area contributed by atoms with Crippen molar-refractivity contribution in [1.82, 2.24) is 4.90 Å². The van der Waals surface area contributed by atoms with Crippen LogP contribution in [0.5, 0.6) is 0 Å². The first-order valence-electron chi connectivity index (χ1n) is 7.88. The lowest BCUT2D eigenvalue weighted by atomic mass is 9.78. The molecule has 0 aromatic rings. The monoisotopic (exact) mass is 309 g/mol. The molecular formula is C16H28BNO4. The molecule has 1 atom stereocenters. The summed E-state index contributed by atoms with van der Waals surface area (Å²) in [6.45, 7) is 16.2. The van der Waals surface area contributed by atoms with E-state index in [1.807, 2.05) is 61.5 Å². The van der Waals surface area contributed by atoms with Crippen molar-refractivity contribution in [3.05, 3.63) is 11.5 Å². The van der Waals surface area contributed by atoms with Crippen LogP contribution in [0.25, 0.3) is 0 Å². The van der Waals surface area contributed by atoms with Gasteiger partial charge in [-0.25, -0.2) is 4.79 Å². The van der Waals surface area contributed by atoms with Crippen LogP contribution < -0.4 is 0 Å². The van der Waals surface area contributed by atoms with E-state index in [9.17, 15) is 4.79 Å². The zero-order valence-electron chi connectivity index (χ0n) is 15.0. The van der Waals surface area contributed by atoms with Crippen LogP contribution in [-0.2, 0) is 14.0 Å². The van der Waals surface area contributed by atoms with Crippen molar-refractivity contribution < 1.29 is 18.8 Å². The summed E-state index contributed by atoms with van der Waals surface area (Å²) in [7, 11) is -0.403. The molecule has 0 N–H and O–H groups in total. The van der Waals surface area contributed by atoms with Crippen LogP contribution in [0.4, 0.5) is 4.79 Å². The highest BCUT2D eigenvalue weighted by molar-refractivity contribution is 6.55. The van der Waals surface area contributed by atoms with E-state index in [0.717, 1.165) is 5.47 Å². The summed E-state index contributed by atoms with van der Waals surface area (Å²) >= 11 is 0. The summed E-state index contributed by atoms with van der Waals surface area (Å²) in [4.78, 5) is 14.0. The third-order valence-electron chi connectivity index (χ3n) is 4.48. The van der Waals surface area contributed by atoms with Gasteiger partial charge in [-0.2, -0.15) is 0 Å². The Labute approximate surface area is 134 Å². The van der Waals surface area contributed by atoms with Crippen molar-refractivity contribution in [2.75, 3.05) is 6.54 Å². The minimum absolute atomic E-state index is 0.0242. The molecule has 0 aromatic carbocycles. The van der Waals surface area contributed by atoms with Crippen molar-refractivity contribution in [3.63, 3.8) is 0 Å². The fourth-order valence-corrected chi connectivity index (χ4v) is 2.49. The van der Waals surface area contributed by atoms with E-state index in [-0.39, 0.29) is 23.3 Å². The standard InChI is InChI=1S/C16H28BNO4/c1-11-9-12(10-18(11)13(19)20-14(2,3)4)17-21-15(5,6)16(7,8)22-17/h9,11H,10H2,1-8H3. The number of hydrogen-bond acceptors (Lipinski definition) is 4. The van der Waals surface area contributed by atoms with E-state index in [2.05, 4.69) is 0 Å². The Bertz CT molecular complexity index is 477. The second kappa shape index (κ2) is 5.27. The molecule has 2 aliphatic heterocycles. The second-order valence-electron chi connectivity index (χ2n) is 8.18. The lowest BCUT2D eigenvalue weighted by Crippen LogP contribution is -2.41. The Morgan fingerprint density at radius 3 is 2.23 bits per heavy atom. The first-order chi connectivity index (χ1) is 9.82. The maximum Gasteiger partial charge on any atom is 0.492 e. The molecule has 0 radical (unpaired) electrons. The predicted octanol–water partition coefficient (Wildman–Crippen LogP) is 3.18. The van der Waals surface area contributed by atoms with Crippen molar-refractivity contribution >= 4 is 13.2 Å². The van der Waals surface area contributed by atoms with Gasteiger partial charge in [0.2, 0.25) is 0 Å². The average molecular weight is 309 g/mol. The van der Waals surface area contributed by atoms with E-state index in [1.165, 1.54) is 0 Å². The molecule has 0 spiro atoms. The molecule has 2 heterocycles. The molecule has 2 aliphatic rings. The second-order valence-corrected chi connectivity index (χ2v) is 8.18. The van der Waals surface area contributed by atoms with Crippen LogP contribution in [0.3, 0.4) is 0 Å². The summed E-state index contributed by atoms with van der Waals surface area (Å²) in [5.74, 6) is 0. The van der Waals surface area contributed by atoms with Gasteiger partial charge in [0.05, 0.1) is 17.2 Å². The van der Waals surface area contributed by atoms with Crippen LogP contribution >= 0.6 is 0 Å². The Morgan fingerprint density at radius 1 is 1.27 bits per heavy atom. The van der Waals surface area contributed by atoms with Crippen molar-refractivity contribution in [3.8, 4) is 0 Å². The van der Waals surface area contributed by atoms with Crippen molar-refractivity contribution in [1.29, 1.82) is 0 Å². The van der Waals surface area contributed by atoms with Gasteiger partial charge in [-0.1, -0.05) is 6.08 Å². The number of rotatable bonds is 1. The van der Waals surface area contributed by atoms with Gasteiger partial charge in [-0.3, -0.25) is 4.90 Å². The van der Waals surface area contributed by atoms with Crippen molar-refractivity contribution in [2.45, 2.75) is 78.2 Å². The van der Waals surface area contributed by atoms with E-state index in [1.54, 1.807) is 4.90 Å². The summed E-state index contributed by atoms with van der Waals surface area (Å²) in [5.41, 5.74) is -0.261. The normalized spacial score (nSPS) is 27.1. The van der Waals surface area contributed by atoms with Gasteiger partial charge in [-0.05, 0) is 60.9 Å². The Balaban J connectivity index is 2.05. The lowest BCUT2D eigenvalue weighted by Gasteiger charge is -2.32. The van der Waals surface area contributed by atoms with Crippen LogP contribution in [0.2, 0.25) is 0 Å². The average Bonchev–Trinajstić information content (AvgIpc) is 2.75. The lowest BCUT2D eigenvalue weighted by molar-refractivity contribution is 0.00578. The van der Waals surface area contributed by atoms with Crippen molar-refractivity contribution in [2.24, 2.45) is 0 Å². The van der Waals surface area contributed by atoms with Crippen LogP contribution in [0.1, 0.15) is 55.4 Å². The number of amides is 1. The van der Waals surface area contributed by atoms with Crippen LogP contribution in [0, 0.1) is 0 Å². The third-order valence-corrected chi connectivity index (χ3v) is 4.48. The highest BCUT2D eigenvalue weighted by Crippen LogP contribution is 2.39. The SMILES string of the molecule is CC1C=C(B2OC(C)(C)C(C)(C)O2)CN1C(=O)OC(C)(C)C. The molecule has 22 heavy (non-hydrogen) atoms. The topological polar surface area (TPSA) is 48.0 Å². The van der Waals surface area contributed by atoms with Gasteiger partial charge in [0.15, 0.2) is 0 Å². The molecule has 1 amide bonds. The van der Waals surface area contributed by atoms with Gasteiger partial charge >= 0.3 is 13.2 Å². The van der Waals surface area contributed by atoms with Crippen LogP contribution in [-0.4, -0.2) is 47.5 Å². The molecule has 0 saturated carbocycles. The fourth-order valence-electron chi connectivity index (χ4n) is 2.49. The van der Waals surface area contributed by atoms with Crippen LogP contribution in [0.15, 0.2) is 11.5 Å². The molecule has 1 saturated heterocycles. The molecule has 1 unspecified atom stereocenters. The Hall–Kier alpha value is -1.01. The summed E-state index contributed by atoms with van der Waals surface area (Å²) in [5, 5.41) is 0. The minimum Gasteiger partial charge on any atom is -0.444 e. The van der Waals surface area contributed by atoms with Gasteiger partial charge in [0.1, 0.15) is 5.60 Å². The minimum atomic E-state index is -0.496. The molecule has 2 rings (SSSR count). The Kier molecular flexibility index (Phi) is 4.16. The highest BCUT2D eigenvalue weighted by Gasteiger charge is 2.53. The summed E-state index contributed by atoms with van der Waals surface area (Å²) in [6.07, 6.45) is 1.73. The summed E-state index contributed by atoms with van der Waals surface area (Å²) < 4.78 is 17.6. The van der Waals surface area contributed by atoms with E-state index in [0.29, 0.717) is 6.54 Å². The zero-order valence-corrected chi connectivity index (χ0v) is 15.0. The number of carbonyl (C=O) groups excluding carboxylic acids is 1. The Morgan fingerprint density at radius 2 is 1.77 bits per heavy atom. The fraction of sp³-hybridized carbons (Fsp3) is 0.812. The largest absolute Gasteiger partial charge is 0.492 e. The highest BCUT2D eigenvalue weighted by atomic mass is 16.7. The number of nitrogens with zero attached hydrogens (tertiary/aromatic N) is 1. The van der Waals surface area contributed by atoms with Gasteiger partial charge in [0.25, 0.3) is 0 Å². The molecule has 0 aliphatic carbocycles. The number of carbonyl (C=O) groups is 1. The predicted molar refractivity (Wildman–Crippen MR) is 86.6 cm³/mol. The zero-order chi connectivity index (χ0) is 16.9. The van der Waals surface area contributed by atoms with Gasteiger partial charge in [-0.15, -0.1) is 0 Å². The quantitative estimate of drug-likeness (QED) is 0.698. The first kappa shape index (κ1) is 17.4. The maximum atomic E-state index is 12.3. The van der Waals surface area contributed by atoms with Gasteiger partial charge in [0, 0.05) is 6.54 Å². The third kappa shape index (κ3) is 3.33. The summed E-state index contributed by atoms with van der Waals surface area (Å²) in [6, 6.07) is -0.0242. The molecule has 5 nitrogen and oxygen atoms in total. The number of ether oxygens (including phenoxy) is 1. The molecule has 1 fully saturated rings. The molecule has 6 heteroatoms. The van der Waals surface area contributed by atoms with Gasteiger partial charge < -0.3 is 14.0 Å². The molecule has 0 bridgehead atoms. The smallest absolute Gasteiger partial charge is 0.444 e. The maximum absolute atomic E-state index is 12.3.